The third kappa shape index (κ3) is 4.12. The highest BCUT2D eigenvalue weighted by Gasteiger charge is 2.38. The lowest BCUT2D eigenvalue weighted by Gasteiger charge is -2.25. The van der Waals surface area contributed by atoms with E-state index in [1.165, 1.54) is 55.6 Å². The van der Waals surface area contributed by atoms with E-state index in [1.54, 1.807) is 0 Å². The number of hydrogen-bond donors (Lipinski definition) is 1. The van der Waals surface area contributed by atoms with Gasteiger partial charge in [-0.3, -0.25) is 0 Å². The van der Waals surface area contributed by atoms with Gasteiger partial charge in [-0.1, -0.05) is 141 Å². The molecule has 1 nitrogen and oxygen atoms in total. The fourth-order valence-corrected chi connectivity index (χ4v) is 6.28. The molecule has 0 aromatic heterocycles. The average molecular weight is 514 g/mol. The van der Waals surface area contributed by atoms with Crippen LogP contribution in [-0.4, -0.2) is 0 Å². The molecular weight excluding hydrogens is 482 g/mol. The van der Waals surface area contributed by atoms with Gasteiger partial charge in [0.25, 0.3) is 0 Å². The SMILES string of the molecule is CC1(C)c2cccc(-c3ccccc3)c2-c2cccc(Nc3ccc(-c4ccc(-c5ccccc5)cc4)cc3)c21. The first-order valence-corrected chi connectivity index (χ1v) is 14.0. The van der Waals surface area contributed by atoms with Gasteiger partial charge in [0.2, 0.25) is 0 Å². The third-order valence-corrected chi connectivity index (χ3v) is 8.27. The van der Waals surface area contributed by atoms with E-state index in [9.17, 15) is 0 Å². The molecule has 6 aromatic carbocycles. The van der Waals surface area contributed by atoms with Crippen molar-refractivity contribution in [2.45, 2.75) is 19.3 Å². The molecule has 0 atom stereocenters. The Morgan fingerprint density at radius 2 is 0.925 bits per heavy atom. The number of fused-ring (bicyclic) bond motifs is 3. The van der Waals surface area contributed by atoms with Crippen molar-refractivity contribution in [1.29, 1.82) is 0 Å². The van der Waals surface area contributed by atoms with Gasteiger partial charge in [0.1, 0.15) is 0 Å². The summed E-state index contributed by atoms with van der Waals surface area (Å²) in [5, 5.41) is 3.76. The molecule has 0 fully saturated rings. The topological polar surface area (TPSA) is 12.0 Å². The van der Waals surface area contributed by atoms with Crippen LogP contribution in [0.2, 0.25) is 0 Å². The zero-order valence-corrected chi connectivity index (χ0v) is 22.9. The molecule has 0 radical (unpaired) electrons. The van der Waals surface area contributed by atoms with Crippen LogP contribution in [0.15, 0.2) is 146 Å². The molecule has 0 amide bonds. The second kappa shape index (κ2) is 9.70. The smallest absolute Gasteiger partial charge is 0.0431 e. The number of nitrogens with one attached hydrogen (secondary N) is 1. The molecule has 0 aliphatic heterocycles. The minimum Gasteiger partial charge on any atom is -0.355 e. The summed E-state index contributed by atoms with van der Waals surface area (Å²) in [6, 6.07) is 52.3. The second-order valence-electron chi connectivity index (χ2n) is 11.1. The molecule has 6 aromatic rings. The van der Waals surface area contributed by atoms with Crippen molar-refractivity contribution >= 4 is 11.4 Å². The molecule has 0 unspecified atom stereocenters. The Hall–Kier alpha value is -4.88. The van der Waals surface area contributed by atoms with Crippen LogP contribution in [0.4, 0.5) is 11.4 Å². The first-order chi connectivity index (χ1) is 19.6. The maximum absolute atomic E-state index is 3.76. The summed E-state index contributed by atoms with van der Waals surface area (Å²) in [7, 11) is 0. The van der Waals surface area contributed by atoms with E-state index < -0.39 is 0 Å². The lowest BCUT2D eigenvalue weighted by molar-refractivity contribution is 0.662. The fourth-order valence-electron chi connectivity index (χ4n) is 6.28. The van der Waals surface area contributed by atoms with Crippen molar-refractivity contribution in [3.8, 4) is 44.5 Å². The van der Waals surface area contributed by atoms with Gasteiger partial charge in [-0.05, 0) is 73.8 Å². The van der Waals surface area contributed by atoms with E-state index in [2.05, 4.69) is 165 Å². The van der Waals surface area contributed by atoms with Crippen LogP contribution in [0.5, 0.6) is 0 Å². The maximum atomic E-state index is 3.76. The molecule has 40 heavy (non-hydrogen) atoms. The van der Waals surface area contributed by atoms with Crippen LogP contribution < -0.4 is 5.32 Å². The Bertz CT molecular complexity index is 1800. The van der Waals surface area contributed by atoms with Gasteiger partial charge in [-0.15, -0.1) is 0 Å². The predicted molar refractivity (Wildman–Crippen MR) is 170 cm³/mol. The average Bonchev–Trinajstić information content (AvgIpc) is 3.26. The molecule has 1 aliphatic rings. The number of benzene rings is 6. The van der Waals surface area contributed by atoms with Crippen LogP contribution in [0.1, 0.15) is 25.0 Å². The van der Waals surface area contributed by atoms with Gasteiger partial charge in [0.05, 0.1) is 0 Å². The molecule has 0 spiro atoms. The molecule has 192 valence electrons. The Morgan fingerprint density at radius 3 is 1.55 bits per heavy atom. The van der Waals surface area contributed by atoms with Crippen LogP contribution in [0, 0.1) is 0 Å². The summed E-state index contributed by atoms with van der Waals surface area (Å²) < 4.78 is 0. The van der Waals surface area contributed by atoms with E-state index in [1.807, 2.05) is 0 Å². The Balaban J connectivity index is 1.20. The first-order valence-electron chi connectivity index (χ1n) is 14.0. The van der Waals surface area contributed by atoms with Gasteiger partial charge >= 0.3 is 0 Å². The van der Waals surface area contributed by atoms with E-state index in [-0.39, 0.29) is 5.41 Å². The monoisotopic (exact) mass is 513 g/mol. The van der Waals surface area contributed by atoms with Crippen molar-refractivity contribution in [3.63, 3.8) is 0 Å². The highest BCUT2D eigenvalue weighted by atomic mass is 14.9. The standard InChI is InChI=1S/C39H31N/c1-39(2)35-17-9-15-33(31-13-7-4-8-14-31)37(35)34-16-10-18-36(38(34)39)40-32-25-23-30(24-26-32)29-21-19-28(20-22-29)27-11-5-3-6-12-27/h3-26,40H,1-2H3. The number of hydrogen-bond acceptors (Lipinski definition) is 1. The summed E-state index contributed by atoms with van der Waals surface area (Å²) in [6.07, 6.45) is 0. The Morgan fingerprint density at radius 1 is 0.425 bits per heavy atom. The summed E-state index contributed by atoms with van der Waals surface area (Å²) in [5.74, 6) is 0. The highest BCUT2D eigenvalue weighted by molar-refractivity contribution is 5.95. The lowest BCUT2D eigenvalue weighted by atomic mass is 9.81. The Kier molecular flexibility index (Phi) is 5.86. The van der Waals surface area contributed by atoms with E-state index in [0.717, 1.165) is 11.4 Å². The fraction of sp³-hybridized carbons (Fsp3) is 0.0769. The minimum absolute atomic E-state index is 0.112. The zero-order valence-electron chi connectivity index (χ0n) is 22.9. The van der Waals surface area contributed by atoms with Gasteiger partial charge < -0.3 is 5.32 Å². The largest absolute Gasteiger partial charge is 0.355 e. The molecule has 0 saturated heterocycles. The van der Waals surface area contributed by atoms with Crippen molar-refractivity contribution < 1.29 is 0 Å². The highest BCUT2D eigenvalue weighted by Crippen LogP contribution is 2.54. The summed E-state index contributed by atoms with van der Waals surface area (Å²) in [6.45, 7) is 4.69. The van der Waals surface area contributed by atoms with E-state index in [4.69, 9.17) is 0 Å². The normalized spacial score (nSPS) is 12.9. The van der Waals surface area contributed by atoms with Crippen molar-refractivity contribution in [3.05, 3.63) is 157 Å². The summed E-state index contributed by atoms with van der Waals surface area (Å²) in [5.41, 5.74) is 15.0. The van der Waals surface area contributed by atoms with E-state index in [0.29, 0.717) is 0 Å². The zero-order chi connectivity index (χ0) is 27.1. The van der Waals surface area contributed by atoms with Crippen molar-refractivity contribution in [2.75, 3.05) is 5.32 Å². The molecule has 0 saturated carbocycles. The number of anilines is 2. The Labute approximate surface area is 236 Å². The first kappa shape index (κ1) is 24.2. The third-order valence-electron chi connectivity index (χ3n) is 8.27. The lowest BCUT2D eigenvalue weighted by Crippen LogP contribution is -2.16. The van der Waals surface area contributed by atoms with Crippen LogP contribution >= 0.6 is 0 Å². The predicted octanol–water partition coefficient (Wildman–Crippen LogP) is 10.7. The van der Waals surface area contributed by atoms with E-state index >= 15 is 0 Å². The van der Waals surface area contributed by atoms with Gasteiger partial charge in [-0.2, -0.15) is 0 Å². The summed E-state index contributed by atoms with van der Waals surface area (Å²) in [4.78, 5) is 0. The summed E-state index contributed by atoms with van der Waals surface area (Å²) >= 11 is 0. The van der Waals surface area contributed by atoms with Gasteiger partial charge in [-0.25, -0.2) is 0 Å². The van der Waals surface area contributed by atoms with Crippen molar-refractivity contribution in [1.82, 2.24) is 0 Å². The van der Waals surface area contributed by atoms with Crippen LogP contribution in [-0.2, 0) is 5.41 Å². The van der Waals surface area contributed by atoms with Gasteiger partial charge in [0, 0.05) is 16.8 Å². The van der Waals surface area contributed by atoms with Crippen LogP contribution in [0.25, 0.3) is 44.5 Å². The molecular formula is C39H31N. The molecule has 1 aliphatic carbocycles. The minimum atomic E-state index is -0.112. The molecule has 0 heterocycles. The second-order valence-corrected chi connectivity index (χ2v) is 11.1. The maximum Gasteiger partial charge on any atom is 0.0431 e. The quantitative estimate of drug-likeness (QED) is 0.242. The molecule has 1 heteroatoms. The number of rotatable bonds is 5. The van der Waals surface area contributed by atoms with Crippen molar-refractivity contribution in [2.24, 2.45) is 0 Å². The molecule has 0 bridgehead atoms. The van der Waals surface area contributed by atoms with Gasteiger partial charge in [0.15, 0.2) is 0 Å². The molecule has 7 rings (SSSR count). The van der Waals surface area contributed by atoms with Crippen LogP contribution in [0.3, 0.4) is 0 Å². The molecule has 1 N–H and O–H groups in total.